The topological polar surface area (TPSA) is 49.3 Å². The Morgan fingerprint density at radius 1 is 1.30 bits per heavy atom. The zero-order valence-electron chi connectivity index (χ0n) is 12.3. The zero-order valence-corrected chi connectivity index (χ0v) is 14.6. The summed E-state index contributed by atoms with van der Waals surface area (Å²) < 4.78 is 0. The molecule has 1 aromatic rings. The van der Waals surface area contributed by atoms with E-state index in [0.29, 0.717) is 12.6 Å². The lowest BCUT2D eigenvalue weighted by atomic mass is 9.87. The molecule has 20 heavy (non-hydrogen) atoms. The van der Waals surface area contributed by atoms with E-state index in [1.807, 2.05) is 31.4 Å². The molecule has 112 valence electrons. The normalized spacial score (nSPS) is 22.8. The molecule has 0 saturated heterocycles. The van der Waals surface area contributed by atoms with Gasteiger partial charge in [0, 0.05) is 19.3 Å². The van der Waals surface area contributed by atoms with Crippen molar-refractivity contribution in [3.8, 4) is 0 Å². The van der Waals surface area contributed by atoms with E-state index in [-0.39, 0.29) is 24.0 Å². The lowest BCUT2D eigenvalue weighted by Gasteiger charge is -2.28. The first-order valence-corrected chi connectivity index (χ1v) is 7.15. The third-order valence-corrected chi connectivity index (χ3v) is 3.74. The molecule has 0 spiro atoms. The molecular formula is C15H25IN4. The van der Waals surface area contributed by atoms with Crippen LogP contribution in [0.15, 0.2) is 29.4 Å². The fourth-order valence-electron chi connectivity index (χ4n) is 2.47. The minimum Gasteiger partial charge on any atom is -0.354 e. The molecule has 1 aliphatic carbocycles. The Hall–Kier alpha value is -0.850. The summed E-state index contributed by atoms with van der Waals surface area (Å²) in [5, 5.41) is 6.83. The molecule has 5 heteroatoms. The Bertz CT molecular complexity index is 400. The third kappa shape index (κ3) is 5.64. The van der Waals surface area contributed by atoms with Crippen molar-refractivity contribution < 1.29 is 0 Å². The summed E-state index contributed by atoms with van der Waals surface area (Å²) in [4.78, 5) is 8.58. The van der Waals surface area contributed by atoms with Crippen molar-refractivity contribution in [2.45, 2.75) is 45.2 Å². The highest BCUT2D eigenvalue weighted by Gasteiger charge is 2.18. The lowest BCUT2D eigenvalue weighted by Crippen LogP contribution is -2.44. The van der Waals surface area contributed by atoms with Gasteiger partial charge in [-0.05, 0) is 43.7 Å². The molecule has 0 radical (unpaired) electrons. The van der Waals surface area contributed by atoms with Gasteiger partial charge in [0.15, 0.2) is 5.96 Å². The van der Waals surface area contributed by atoms with Gasteiger partial charge in [-0.2, -0.15) is 0 Å². The number of nitrogens with one attached hydrogen (secondary N) is 2. The van der Waals surface area contributed by atoms with E-state index in [2.05, 4.69) is 27.5 Å². The van der Waals surface area contributed by atoms with E-state index < -0.39 is 0 Å². The van der Waals surface area contributed by atoms with Crippen LogP contribution in [0.5, 0.6) is 0 Å². The maximum Gasteiger partial charge on any atom is 0.191 e. The second-order valence-corrected chi connectivity index (χ2v) is 5.35. The van der Waals surface area contributed by atoms with Crippen LogP contribution in [-0.4, -0.2) is 24.0 Å². The van der Waals surface area contributed by atoms with E-state index in [0.717, 1.165) is 17.6 Å². The van der Waals surface area contributed by atoms with E-state index in [4.69, 9.17) is 0 Å². The summed E-state index contributed by atoms with van der Waals surface area (Å²) in [6.45, 7) is 3.05. The molecular weight excluding hydrogens is 363 g/mol. The maximum atomic E-state index is 4.30. The summed E-state index contributed by atoms with van der Waals surface area (Å²) in [6, 6.07) is 6.51. The van der Waals surface area contributed by atoms with Gasteiger partial charge in [0.05, 0.1) is 12.2 Å². The zero-order chi connectivity index (χ0) is 13.5. The Morgan fingerprint density at radius 3 is 2.65 bits per heavy atom. The Kier molecular flexibility index (Phi) is 7.87. The highest BCUT2D eigenvalue weighted by atomic mass is 127. The van der Waals surface area contributed by atoms with E-state index in [9.17, 15) is 0 Å². The summed E-state index contributed by atoms with van der Waals surface area (Å²) in [5.74, 6) is 1.76. The molecule has 2 rings (SSSR count). The quantitative estimate of drug-likeness (QED) is 0.476. The number of guanidine groups is 1. The average Bonchev–Trinajstić information content (AvgIpc) is 2.46. The average molecular weight is 388 g/mol. The van der Waals surface area contributed by atoms with Crippen LogP contribution in [0.3, 0.4) is 0 Å². The smallest absolute Gasteiger partial charge is 0.191 e. The van der Waals surface area contributed by atoms with Crippen molar-refractivity contribution >= 4 is 29.9 Å². The first-order chi connectivity index (χ1) is 9.28. The largest absolute Gasteiger partial charge is 0.354 e. The van der Waals surface area contributed by atoms with Gasteiger partial charge in [0.1, 0.15) is 0 Å². The Labute approximate surface area is 138 Å². The van der Waals surface area contributed by atoms with Gasteiger partial charge < -0.3 is 10.6 Å². The van der Waals surface area contributed by atoms with Crippen molar-refractivity contribution in [1.29, 1.82) is 0 Å². The first-order valence-electron chi connectivity index (χ1n) is 7.15. The van der Waals surface area contributed by atoms with Crippen molar-refractivity contribution in [3.63, 3.8) is 0 Å². The predicted octanol–water partition coefficient (Wildman–Crippen LogP) is 2.94. The van der Waals surface area contributed by atoms with Crippen LogP contribution in [0.4, 0.5) is 0 Å². The molecule has 1 heterocycles. The van der Waals surface area contributed by atoms with Gasteiger partial charge in [0.2, 0.25) is 0 Å². The van der Waals surface area contributed by atoms with E-state index in [1.54, 1.807) is 0 Å². The van der Waals surface area contributed by atoms with Crippen molar-refractivity contribution in [3.05, 3.63) is 30.1 Å². The molecule has 1 aromatic heterocycles. The van der Waals surface area contributed by atoms with Crippen molar-refractivity contribution in [2.24, 2.45) is 10.9 Å². The molecule has 1 aliphatic rings. The Balaban J connectivity index is 0.00000200. The number of hydrogen-bond donors (Lipinski definition) is 2. The summed E-state index contributed by atoms with van der Waals surface area (Å²) in [5.41, 5.74) is 1.03. The molecule has 0 aromatic carbocycles. The third-order valence-electron chi connectivity index (χ3n) is 3.74. The number of halogens is 1. The highest BCUT2D eigenvalue weighted by Crippen LogP contribution is 2.23. The Morgan fingerprint density at radius 2 is 2.05 bits per heavy atom. The van der Waals surface area contributed by atoms with Crippen molar-refractivity contribution in [2.75, 3.05) is 7.05 Å². The molecule has 0 bridgehead atoms. The monoisotopic (exact) mass is 388 g/mol. The lowest BCUT2D eigenvalue weighted by molar-refractivity contribution is 0.329. The minimum absolute atomic E-state index is 0. The summed E-state index contributed by atoms with van der Waals surface area (Å²) in [7, 11) is 1.82. The van der Waals surface area contributed by atoms with Crippen molar-refractivity contribution in [1.82, 2.24) is 15.6 Å². The van der Waals surface area contributed by atoms with Crippen LogP contribution < -0.4 is 10.6 Å². The van der Waals surface area contributed by atoms with Gasteiger partial charge in [-0.15, -0.1) is 24.0 Å². The molecule has 2 N–H and O–H groups in total. The SMILES string of the molecule is CN=C(NCc1ccccn1)NC1CCC(C)CC1.I. The number of aromatic nitrogens is 1. The number of rotatable bonds is 3. The number of hydrogen-bond acceptors (Lipinski definition) is 2. The first kappa shape index (κ1) is 17.2. The number of pyridine rings is 1. The highest BCUT2D eigenvalue weighted by molar-refractivity contribution is 14.0. The number of nitrogens with zero attached hydrogens (tertiary/aromatic N) is 2. The molecule has 1 fully saturated rings. The molecule has 0 unspecified atom stereocenters. The number of aliphatic imine (C=N–C) groups is 1. The second-order valence-electron chi connectivity index (χ2n) is 5.35. The molecule has 4 nitrogen and oxygen atoms in total. The second kappa shape index (κ2) is 9.15. The van der Waals surface area contributed by atoms with Gasteiger partial charge in [0.25, 0.3) is 0 Å². The van der Waals surface area contributed by atoms with Crippen LogP contribution in [0.2, 0.25) is 0 Å². The van der Waals surface area contributed by atoms with Gasteiger partial charge in [-0.25, -0.2) is 0 Å². The van der Waals surface area contributed by atoms with Gasteiger partial charge in [-0.1, -0.05) is 13.0 Å². The van der Waals surface area contributed by atoms with Crippen LogP contribution in [-0.2, 0) is 6.54 Å². The van der Waals surface area contributed by atoms with Gasteiger partial charge >= 0.3 is 0 Å². The summed E-state index contributed by atoms with van der Waals surface area (Å²) in [6.07, 6.45) is 6.93. The summed E-state index contributed by atoms with van der Waals surface area (Å²) >= 11 is 0. The fraction of sp³-hybridized carbons (Fsp3) is 0.600. The van der Waals surface area contributed by atoms with Crippen LogP contribution in [0, 0.1) is 5.92 Å². The molecule has 0 atom stereocenters. The van der Waals surface area contributed by atoms with E-state index >= 15 is 0 Å². The van der Waals surface area contributed by atoms with Crippen LogP contribution in [0.1, 0.15) is 38.3 Å². The van der Waals surface area contributed by atoms with Gasteiger partial charge in [-0.3, -0.25) is 9.98 Å². The fourth-order valence-corrected chi connectivity index (χ4v) is 2.47. The molecule has 0 amide bonds. The van der Waals surface area contributed by atoms with Crippen LogP contribution in [0.25, 0.3) is 0 Å². The molecule has 1 saturated carbocycles. The molecule has 0 aliphatic heterocycles. The predicted molar refractivity (Wildman–Crippen MR) is 94.4 cm³/mol. The maximum absolute atomic E-state index is 4.30. The van der Waals surface area contributed by atoms with E-state index in [1.165, 1.54) is 25.7 Å². The standard InChI is InChI=1S/C15H24N4.HI/c1-12-6-8-13(9-7-12)19-15(16-2)18-11-14-5-3-4-10-17-14;/h3-5,10,12-13H,6-9,11H2,1-2H3,(H2,16,18,19);1H. The van der Waals surface area contributed by atoms with Crippen LogP contribution >= 0.6 is 24.0 Å². The minimum atomic E-state index is 0.